The molecule has 0 unspecified atom stereocenters. The van der Waals surface area contributed by atoms with Crippen LogP contribution >= 0.6 is 0 Å². The Kier molecular flexibility index (Phi) is 5.46. The fraction of sp³-hybridized carbons (Fsp3) is 0.417. The van der Waals surface area contributed by atoms with Crippen molar-refractivity contribution in [3.05, 3.63) is 24.0 Å². The van der Waals surface area contributed by atoms with Gasteiger partial charge in [0.25, 0.3) is 0 Å². The number of anilines is 2. The maximum atomic E-state index is 13.0. The van der Waals surface area contributed by atoms with Gasteiger partial charge in [-0.1, -0.05) is 0 Å². The first-order valence-electron chi connectivity index (χ1n) is 5.88. The second kappa shape index (κ2) is 6.67. The van der Waals surface area contributed by atoms with Crippen LogP contribution in [0.2, 0.25) is 0 Å². The minimum Gasteiger partial charge on any atom is -0.396 e. The van der Waals surface area contributed by atoms with E-state index >= 15 is 0 Å². The maximum absolute atomic E-state index is 13.0. The molecule has 0 heterocycles. The van der Waals surface area contributed by atoms with Crippen molar-refractivity contribution >= 4 is 27.1 Å². The van der Waals surface area contributed by atoms with Crippen LogP contribution in [0.25, 0.3) is 0 Å². The number of nitrogens with two attached hydrogens (primary N) is 1. The van der Waals surface area contributed by atoms with Gasteiger partial charge in [0.15, 0.2) is 0 Å². The largest absolute Gasteiger partial charge is 0.396 e. The zero-order valence-electron chi connectivity index (χ0n) is 11.4. The van der Waals surface area contributed by atoms with Crippen LogP contribution in [0.15, 0.2) is 18.2 Å². The zero-order valence-corrected chi connectivity index (χ0v) is 12.2. The number of nitrogens with one attached hydrogen (secondary N) is 1. The van der Waals surface area contributed by atoms with Crippen LogP contribution in [0.5, 0.6) is 0 Å². The van der Waals surface area contributed by atoms with Crippen molar-refractivity contribution in [2.45, 2.75) is 0 Å². The number of benzene rings is 1. The predicted octanol–water partition coefficient (Wildman–Crippen LogP) is 0.323. The maximum Gasteiger partial charge on any atom is 0.238 e. The van der Waals surface area contributed by atoms with Gasteiger partial charge < -0.3 is 11.1 Å². The molecule has 0 saturated heterocycles. The Morgan fingerprint density at radius 2 is 2.10 bits per heavy atom. The third kappa shape index (κ3) is 5.98. The minimum absolute atomic E-state index is 0.0136. The van der Waals surface area contributed by atoms with Crippen LogP contribution in [0.1, 0.15) is 0 Å². The first-order chi connectivity index (χ1) is 9.17. The van der Waals surface area contributed by atoms with E-state index in [1.54, 1.807) is 11.9 Å². The molecule has 0 aliphatic heterocycles. The van der Waals surface area contributed by atoms with Gasteiger partial charge >= 0.3 is 0 Å². The molecule has 3 N–H and O–H groups in total. The van der Waals surface area contributed by atoms with E-state index in [2.05, 4.69) is 5.32 Å². The Labute approximate surface area is 117 Å². The normalized spacial score (nSPS) is 11.6. The SMILES string of the molecule is CN(CCS(C)(=O)=O)CC(=O)Nc1ccc(F)c(N)c1. The lowest BCUT2D eigenvalue weighted by Gasteiger charge is -2.15. The summed E-state index contributed by atoms with van der Waals surface area (Å²) in [6.07, 6.45) is 1.14. The first kappa shape index (κ1) is 16.4. The number of amides is 1. The smallest absolute Gasteiger partial charge is 0.238 e. The molecule has 1 rings (SSSR count). The van der Waals surface area contributed by atoms with Gasteiger partial charge in [0.05, 0.1) is 18.0 Å². The Morgan fingerprint density at radius 3 is 2.65 bits per heavy atom. The topological polar surface area (TPSA) is 92.5 Å². The number of hydrogen-bond acceptors (Lipinski definition) is 5. The van der Waals surface area contributed by atoms with Crippen molar-refractivity contribution in [2.24, 2.45) is 0 Å². The van der Waals surface area contributed by atoms with Gasteiger partial charge in [-0.15, -0.1) is 0 Å². The number of halogens is 1. The van der Waals surface area contributed by atoms with E-state index in [0.29, 0.717) is 5.69 Å². The van der Waals surface area contributed by atoms with E-state index in [-0.39, 0.29) is 30.4 Å². The number of likely N-dealkylation sites (N-methyl/N-ethyl adjacent to an activating group) is 1. The average Bonchev–Trinajstić information content (AvgIpc) is 2.30. The zero-order chi connectivity index (χ0) is 15.3. The monoisotopic (exact) mass is 303 g/mol. The highest BCUT2D eigenvalue weighted by molar-refractivity contribution is 7.90. The first-order valence-corrected chi connectivity index (χ1v) is 7.94. The molecule has 1 amide bonds. The average molecular weight is 303 g/mol. The van der Waals surface area contributed by atoms with Crippen LogP contribution < -0.4 is 11.1 Å². The van der Waals surface area contributed by atoms with Gasteiger partial charge in [-0.3, -0.25) is 9.69 Å². The Hall–Kier alpha value is -1.67. The summed E-state index contributed by atoms with van der Waals surface area (Å²) in [4.78, 5) is 13.3. The number of nitrogens with zero attached hydrogens (tertiary/aromatic N) is 1. The van der Waals surface area contributed by atoms with Gasteiger partial charge in [-0.2, -0.15) is 0 Å². The molecule has 20 heavy (non-hydrogen) atoms. The molecule has 6 nitrogen and oxygen atoms in total. The summed E-state index contributed by atoms with van der Waals surface area (Å²) in [6, 6.07) is 3.89. The minimum atomic E-state index is -3.06. The van der Waals surface area contributed by atoms with Gasteiger partial charge in [-0.25, -0.2) is 12.8 Å². The van der Waals surface area contributed by atoms with E-state index in [0.717, 1.165) is 12.3 Å². The summed E-state index contributed by atoms with van der Waals surface area (Å²) in [5, 5.41) is 2.56. The summed E-state index contributed by atoms with van der Waals surface area (Å²) in [7, 11) is -1.41. The van der Waals surface area contributed by atoms with Gasteiger partial charge in [0.2, 0.25) is 5.91 Å². The molecular weight excluding hydrogens is 285 g/mol. The summed E-state index contributed by atoms with van der Waals surface area (Å²) >= 11 is 0. The highest BCUT2D eigenvalue weighted by Crippen LogP contribution is 2.16. The second-order valence-corrected chi connectivity index (χ2v) is 6.91. The highest BCUT2D eigenvalue weighted by atomic mass is 32.2. The third-order valence-electron chi connectivity index (χ3n) is 2.54. The Bertz CT molecular complexity index is 590. The molecule has 1 aromatic carbocycles. The fourth-order valence-corrected chi connectivity index (χ4v) is 2.11. The van der Waals surface area contributed by atoms with Crippen LogP contribution in [0.3, 0.4) is 0 Å². The number of carbonyl (C=O) groups is 1. The molecule has 1 aromatic rings. The van der Waals surface area contributed by atoms with E-state index in [9.17, 15) is 17.6 Å². The van der Waals surface area contributed by atoms with E-state index in [4.69, 9.17) is 5.73 Å². The summed E-state index contributed by atoms with van der Waals surface area (Å²) < 4.78 is 35.0. The third-order valence-corrected chi connectivity index (χ3v) is 3.46. The molecule has 8 heteroatoms. The van der Waals surface area contributed by atoms with E-state index < -0.39 is 15.7 Å². The number of carbonyl (C=O) groups excluding carboxylic acids is 1. The van der Waals surface area contributed by atoms with Crippen LogP contribution in [-0.2, 0) is 14.6 Å². The number of hydrogen-bond donors (Lipinski definition) is 2. The molecule has 0 fully saturated rings. The van der Waals surface area contributed by atoms with Crippen LogP contribution in [0, 0.1) is 5.82 Å². The Morgan fingerprint density at radius 1 is 1.45 bits per heavy atom. The lowest BCUT2D eigenvalue weighted by molar-refractivity contribution is -0.117. The van der Waals surface area contributed by atoms with E-state index in [1.807, 2.05) is 0 Å². The summed E-state index contributed by atoms with van der Waals surface area (Å²) in [5.41, 5.74) is 5.74. The number of sulfone groups is 1. The summed E-state index contributed by atoms with van der Waals surface area (Å²) in [5.74, 6) is -0.888. The second-order valence-electron chi connectivity index (χ2n) is 4.65. The van der Waals surface area contributed by atoms with Crippen LogP contribution in [-0.4, -0.2) is 51.4 Å². The number of nitrogen functional groups attached to an aromatic ring is 1. The van der Waals surface area contributed by atoms with Gasteiger partial charge in [-0.05, 0) is 25.2 Å². The van der Waals surface area contributed by atoms with Crippen molar-refractivity contribution in [3.63, 3.8) is 0 Å². The van der Waals surface area contributed by atoms with Crippen molar-refractivity contribution in [2.75, 3.05) is 43.2 Å². The Balaban J connectivity index is 2.48. The van der Waals surface area contributed by atoms with Crippen molar-refractivity contribution < 1.29 is 17.6 Å². The quantitative estimate of drug-likeness (QED) is 0.739. The van der Waals surface area contributed by atoms with Crippen LogP contribution in [0.4, 0.5) is 15.8 Å². The van der Waals surface area contributed by atoms with Gasteiger partial charge in [0.1, 0.15) is 15.7 Å². The molecule has 0 bridgehead atoms. The molecule has 0 aliphatic carbocycles. The highest BCUT2D eigenvalue weighted by Gasteiger charge is 2.10. The number of rotatable bonds is 6. The lowest BCUT2D eigenvalue weighted by atomic mass is 10.2. The van der Waals surface area contributed by atoms with E-state index in [1.165, 1.54) is 12.1 Å². The lowest BCUT2D eigenvalue weighted by Crippen LogP contribution is -2.33. The molecule has 0 saturated carbocycles. The molecule has 0 radical (unpaired) electrons. The van der Waals surface area contributed by atoms with Crippen molar-refractivity contribution in [3.8, 4) is 0 Å². The van der Waals surface area contributed by atoms with Gasteiger partial charge in [0, 0.05) is 18.5 Å². The van der Waals surface area contributed by atoms with Crippen molar-refractivity contribution in [1.82, 2.24) is 4.90 Å². The molecule has 112 valence electrons. The fourth-order valence-electron chi connectivity index (χ4n) is 1.47. The summed E-state index contributed by atoms with van der Waals surface area (Å²) in [6.45, 7) is 0.296. The molecule has 0 spiro atoms. The molecule has 0 aliphatic rings. The predicted molar refractivity (Wildman–Crippen MR) is 76.6 cm³/mol. The molecular formula is C12H18FN3O3S. The van der Waals surface area contributed by atoms with Crippen molar-refractivity contribution in [1.29, 1.82) is 0 Å². The molecule has 0 aromatic heterocycles. The standard InChI is InChI=1S/C12H18FN3O3S/c1-16(5-6-20(2,18)19)8-12(17)15-9-3-4-10(13)11(14)7-9/h3-4,7H,5-6,8,14H2,1-2H3,(H,15,17). The molecule has 0 atom stereocenters.